The topological polar surface area (TPSA) is 43.4 Å². The van der Waals surface area contributed by atoms with Crippen molar-refractivity contribution in [3.05, 3.63) is 53.5 Å². The summed E-state index contributed by atoms with van der Waals surface area (Å²) in [7, 11) is 0.241. The molecule has 0 spiro atoms. The molecule has 0 N–H and O–H groups in total. The third-order valence-corrected chi connectivity index (χ3v) is 3.60. The lowest BCUT2D eigenvalue weighted by Gasteiger charge is -1.97. The van der Waals surface area contributed by atoms with Crippen molar-refractivity contribution in [2.45, 2.75) is 24.7 Å². The summed E-state index contributed by atoms with van der Waals surface area (Å²) in [6.07, 6.45) is 6.45. The maximum Gasteiger partial charge on any atom is 0.330 e. The van der Waals surface area contributed by atoms with E-state index in [-0.39, 0.29) is 5.97 Å². The Labute approximate surface area is 116 Å². The van der Waals surface area contributed by atoms with E-state index in [9.17, 15) is 9.00 Å². The normalized spacial score (nSPS) is 12.9. The SMILES string of the molecule is COC(=O)/C=C\CC/C=C\S(=O)c1ccc(C)cc1. The first-order valence-corrected chi connectivity index (χ1v) is 7.23. The molecule has 0 fully saturated rings. The van der Waals surface area contributed by atoms with Gasteiger partial charge in [-0.2, -0.15) is 0 Å². The van der Waals surface area contributed by atoms with Gasteiger partial charge in [-0.1, -0.05) is 29.8 Å². The Kier molecular flexibility index (Phi) is 6.82. The number of hydrogen-bond acceptors (Lipinski definition) is 3. The highest BCUT2D eigenvalue weighted by Gasteiger charge is 1.97. The number of unbranched alkanes of at least 4 members (excludes halogenated alkanes) is 1. The van der Waals surface area contributed by atoms with Crippen LogP contribution in [0.15, 0.2) is 52.8 Å². The molecule has 0 bridgehead atoms. The van der Waals surface area contributed by atoms with Gasteiger partial charge in [-0.15, -0.1) is 0 Å². The van der Waals surface area contributed by atoms with Gasteiger partial charge in [0.15, 0.2) is 0 Å². The molecule has 1 aromatic carbocycles. The number of carbonyl (C=O) groups is 1. The second-order valence-corrected chi connectivity index (χ2v) is 5.32. The highest BCUT2D eigenvalue weighted by atomic mass is 32.2. The van der Waals surface area contributed by atoms with Crippen molar-refractivity contribution in [1.29, 1.82) is 0 Å². The van der Waals surface area contributed by atoms with Crippen LogP contribution in [0.4, 0.5) is 0 Å². The molecule has 1 rings (SSSR count). The molecule has 4 heteroatoms. The molecule has 0 aliphatic heterocycles. The van der Waals surface area contributed by atoms with Crippen molar-refractivity contribution in [3.8, 4) is 0 Å². The zero-order chi connectivity index (χ0) is 14.1. The van der Waals surface area contributed by atoms with Crippen LogP contribution in [0.25, 0.3) is 0 Å². The number of rotatable bonds is 6. The summed E-state index contributed by atoms with van der Waals surface area (Å²) >= 11 is 0. The first-order valence-electron chi connectivity index (χ1n) is 6.02. The quantitative estimate of drug-likeness (QED) is 0.456. The zero-order valence-electron chi connectivity index (χ0n) is 11.2. The lowest BCUT2D eigenvalue weighted by atomic mass is 10.2. The molecule has 1 atom stereocenters. The summed E-state index contributed by atoms with van der Waals surface area (Å²) in [4.78, 5) is 11.6. The summed E-state index contributed by atoms with van der Waals surface area (Å²) in [5.41, 5.74) is 1.15. The number of methoxy groups -OCH3 is 1. The predicted molar refractivity (Wildman–Crippen MR) is 77.1 cm³/mol. The number of esters is 1. The molecule has 0 heterocycles. The van der Waals surface area contributed by atoms with Crippen LogP contribution >= 0.6 is 0 Å². The number of benzene rings is 1. The third kappa shape index (κ3) is 6.15. The summed E-state index contributed by atoms with van der Waals surface area (Å²) in [6.45, 7) is 2.00. The average Bonchev–Trinajstić information content (AvgIpc) is 2.42. The van der Waals surface area contributed by atoms with Gasteiger partial charge in [0, 0.05) is 16.4 Å². The molecule has 0 aliphatic carbocycles. The van der Waals surface area contributed by atoms with Crippen molar-refractivity contribution >= 4 is 16.8 Å². The predicted octanol–water partition coefficient (Wildman–Crippen LogP) is 3.13. The minimum Gasteiger partial charge on any atom is -0.466 e. The Morgan fingerprint density at radius 3 is 2.47 bits per heavy atom. The van der Waals surface area contributed by atoms with Crippen LogP contribution < -0.4 is 0 Å². The number of carbonyl (C=O) groups excluding carboxylic acids is 1. The smallest absolute Gasteiger partial charge is 0.330 e. The summed E-state index contributed by atoms with van der Waals surface area (Å²) in [5.74, 6) is -0.354. The van der Waals surface area contributed by atoms with Crippen LogP contribution in [-0.2, 0) is 20.3 Å². The van der Waals surface area contributed by atoms with Crippen LogP contribution in [-0.4, -0.2) is 17.3 Å². The Morgan fingerprint density at radius 2 is 1.84 bits per heavy atom. The maximum absolute atomic E-state index is 11.9. The Morgan fingerprint density at radius 1 is 1.21 bits per heavy atom. The van der Waals surface area contributed by atoms with Gasteiger partial charge in [-0.25, -0.2) is 9.00 Å². The molecular weight excluding hydrogens is 260 g/mol. The van der Waals surface area contributed by atoms with Crippen molar-refractivity contribution < 1.29 is 13.7 Å². The molecule has 0 amide bonds. The second-order valence-electron chi connectivity index (χ2n) is 3.99. The average molecular weight is 278 g/mol. The highest BCUT2D eigenvalue weighted by molar-refractivity contribution is 7.88. The van der Waals surface area contributed by atoms with E-state index < -0.39 is 10.8 Å². The van der Waals surface area contributed by atoms with Crippen LogP contribution in [0.2, 0.25) is 0 Å². The number of allylic oxidation sites excluding steroid dienone is 2. The fraction of sp³-hybridized carbons (Fsp3) is 0.267. The second kappa shape index (κ2) is 8.43. The third-order valence-electron chi connectivity index (χ3n) is 2.43. The van der Waals surface area contributed by atoms with Crippen molar-refractivity contribution in [2.24, 2.45) is 0 Å². The fourth-order valence-corrected chi connectivity index (χ4v) is 2.22. The summed E-state index contributed by atoms with van der Waals surface area (Å²) < 4.78 is 16.3. The monoisotopic (exact) mass is 278 g/mol. The first kappa shape index (κ1) is 15.4. The lowest BCUT2D eigenvalue weighted by Crippen LogP contribution is -1.93. The van der Waals surface area contributed by atoms with Gasteiger partial charge in [0.1, 0.15) is 0 Å². The molecule has 0 radical (unpaired) electrons. The first-order chi connectivity index (χ1) is 9.13. The molecule has 0 saturated carbocycles. The molecule has 19 heavy (non-hydrogen) atoms. The van der Waals surface area contributed by atoms with E-state index in [4.69, 9.17) is 0 Å². The minimum absolute atomic E-state index is 0.354. The number of hydrogen-bond donors (Lipinski definition) is 0. The Hall–Kier alpha value is -1.68. The van der Waals surface area contributed by atoms with E-state index in [0.29, 0.717) is 0 Å². The molecule has 1 unspecified atom stereocenters. The molecule has 102 valence electrons. The minimum atomic E-state index is -1.10. The van der Waals surface area contributed by atoms with Crippen LogP contribution in [0.1, 0.15) is 18.4 Å². The summed E-state index contributed by atoms with van der Waals surface area (Å²) in [5, 5.41) is 1.68. The highest BCUT2D eigenvalue weighted by Crippen LogP contribution is 2.09. The standard InChI is InChI=1S/C15H18O3S/c1-13-8-10-14(11-9-13)19(17)12-6-4-3-5-7-15(16)18-2/h5-12H,3-4H2,1-2H3/b7-5-,12-6-. The van der Waals surface area contributed by atoms with Crippen molar-refractivity contribution in [3.63, 3.8) is 0 Å². The van der Waals surface area contributed by atoms with Gasteiger partial charge in [0.05, 0.1) is 17.9 Å². The lowest BCUT2D eigenvalue weighted by molar-refractivity contribution is -0.134. The van der Waals surface area contributed by atoms with E-state index in [1.54, 1.807) is 11.5 Å². The van der Waals surface area contributed by atoms with E-state index in [2.05, 4.69) is 4.74 Å². The van der Waals surface area contributed by atoms with Gasteiger partial charge >= 0.3 is 5.97 Å². The molecule has 0 saturated heterocycles. The molecule has 0 aliphatic rings. The van der Waals surface area contributed by atoms with Crippen molar-refractivity contribution in [2.75, 3.05) is 7.11 Å². The van der Waals surface area contributed by atoms with E-state index in [1.165, 1.54) is 13.2 Å². The van der Waals surface area contributed by atoms with E-state index in [1.807, 2.05) is 37.3 Å². The molecule has 0 aromatic heterocycles. The van der Waals surface area contributed by atoms with E-state index in [0.717, 1.165) is 23.3 Å². The van der Waals surface area contributed by atoms with E-state index >= 15 is 0 Å². The van der Waals surface area contributed by atoms with Gasteiger partial charge in [0.2, 0.25) is 0 Å². The van der Waals surface area contributed by atoms with Gasteiger partial charge in [-0.3, -0.25) is 0 Å². The molecule has 3 nitrogen and oxygen atoms in total. The summed E-state index contributed by atoms with van der Waals surface area (Å²) in [6, 6.07) is 7.63. The Balaban J connectivity index is 2.37. The van der Waals surface area contributed by atoms with Gasteiger partial charge in [0.25, 0.3) is 0 Å². The van der Waals surface area contributed by atoms with Crippen molar-refractivity contribution in [1.82, 2.24) is 0 Å². The Bertz CT molecular complexity index is 487. The molecule has 1 aromatic rings. The zero-order valence-corrected chi connectivity index (χ0v) is 12.0. The van der Waals surface area contributed by atoms with Gasteiger partial charge < -0.3 is 4.74 Å². The van der Waals surface area contributed by atoms with Gasteiger partial charge in [-0.05, 0) is 31.9 Å². The number of aryl methyl sites for hydroxylation is 1. The van der Waals surface area contributed by atoms with Crippen LogP contribution in [0.5, 0.6) is 0 Å². The molecular formula is C15H18O3S. The largest absolute Gasteiger partial charge is 0.466 e. The van der Waals surface area contributed by atoms with Crippen LogP contribution in [0.3, 0.4) is 0 Å². The number of ether oxygens (including phenoxy) is 1. The van der Waals surface area contributed by atoms with Crippen LogP contribution in [0, 0.1) is 6.92 Å². The fourth-order valence-electron chi connectivity index (χ4n) is 1.35. The maximum atomic E-state index is 11.9.